The zero-order valence-corrected chi connectivity index (χ0v) is 19.9. The molecule has 3 N–H and O–H groups in total. The smallest absolute Gasteiger partial charge is 0.257 e. The number of nitrogens with one attached hydrogen (secondary N) is 2. The first kappa shape index (κ1) is 23.1. The van der Waals surface area contributed by atoms with Crippen molar-refractivity contribution in [2.24, 2.45) is 0 Å². The second-order valence-electron chi connectivity index (χ2n) is 9.08. The largest absolute Gasteiger partial charge is 0.393 e. The van der Waals surface area contributed by atoms with Crippen molar-refractivity contribution in [3.8, 4) is 11.1 Å². The van der Waals surface area contributed by atoms with E-state index in [-0.39, 0.29) is 12.0 Å². The molecule has 1 aromatic carbocycles. The lowest BCUT2D eigenvalue weighted by molar-refractivity contribution is -0.111. The zero-order valence-electron chi connectivity index (χ0n) is 19.9. The van der Waals surface area contributed by atoms with Crippen molar-refractivity contribution in [1.82, 2.24) is 19.9 Å². The zero-order chi connectivity index (χ0) is 24.2. The molecular weight excluding hydrogens is 440 g/mol. The van der Waals surface area contributed by atoms with Gasteiger partial charge in [-0.05, 0) is 54.2 Å². The lowest BCUT2D eigenvalue weighted by Gasteiger charge is -2.29. The van der Waals surface area contributed by atoms with E-state index in [2.05, 4.69) is 55.6 Å². The Balaban J connectivity index is 1.43. The molecule has 1 amide bonds. The van der Waals surface area contributed by atoms with Crippen molar-refractivity contribution in [3.05, 3.63) is 71.9 Å². The Bertz CT molecular complexity index is 1240. The van der Waals surface area contributed by atoms with Crippen molar-refractivity contribution in [1.29, 1.82) is 0 Å². The molecule has 2 aliphatic heterocycles. The van der Waals surface area contributed by atoms with Gasteiger partial charge in [0.2, 0.25) is 0 Å². The number of piperidine rings is 1. The van der Waals surface area contributed by atoms with Gasteiger partial charge in [-0.15, -0.1) is 0 Å². The van der Waals surface area contributed by atoms with Crippen LogP contribution in [0.5, 0.6) is 0 Å². The van der Waals surface area contributed by atoms with Crippen LogP contribution in [0.3, 0.4) is 0 Å². The van der Waals surface area contributed by atoms with Gasteiger partial charge in [0, 0.05) is 73.4 Å². The molecule has 0 atom stereocenters. The van der Waals surface area contributed by atoms with E-state index in [4.69, 9.17) is 0 Å². The summed E-state index contributed by atoms with van der Waals surface area (Å²) in [6.07, 6.45) is 10.7. The Morgan fingerprint density at radius 1 is 1.11 bits per heavy atom. The third-order valence-electron chi connectivity index (χ3n) is 6.68. The van der Waals surface area contributed by atoms with Crippen molar-refractivity contribution >= 4 is 23.0 Å². The number of hydrogen-bond acceptors (Lipinski definition) is 7. The first-order chi connectivity index (χ1) is 17.1. The molecule has 8 heteroatoms. The van der Waals surface area contributed by atoms with E-state index >= 15 is 0 Å². The Hall–Kier alpha value is -3.62. The van der Waals surface area contributed by atoms with E-state index in [0.29, 0.717) is 17.9 Å². The number of likely N-dealkylation sites (tertiary alicyclic amines) is 1. The third kappa shape index (κ3) is 5.23. The molecule has 5 rings (SSSR count). The number of aromatic nitrogens is 3. The topological polar surface area (TPSA) is 103 Å². The van der Waals surface area contributed by atoms with Crippen molar-refractivity contribution in [2.45, 2.75) is 38.8 Å². The van der Waals surface area contributed by atoms with Crippen LogP contribution in [-0.2, 0) is 11.3 Å². The van der Waals surface area contributed by atoms with Crippen LogP contribution in [0.25, 0.3) is 16.7 Å². The Labute approximate surface area is 205 Å². The minimum absolute atomic E-state index is 0.179. The van der Waals surface area contributed by atoms with E-state index in [1.165, 1.54) is 0 Å². The summed E-state index contributed by atoms with van der Waals surface area (Å²) in [5.74, 6) is 0.250. The molecule has 1 fully saturated rings. The van der Waals surface area contributed by atoms with Gasteiger partial charge in [0.05, 0.1) is 12.3 Å². The van der Waals surface area contributed by atoms with Crippen molar-refractivity contribution < 1.29 is 9.90 Å². The number of amides is 1. The Morgan fingerprint density at radius 3 is 2.74 bits per heavy atom. The number of carbonyl (C=O) groups excluding carboxylic acids is 1. The van der Waals surface area contributed by atoms with Crippen LogP contribution in [0, 0.1) is 0 Å². The quantitative estimate of drug-likeness (QED) is 0.504. The molecule has 4 heterocycles. The van der Waals surface area contributed by atoms with Gasteiger partial charge in [-0.2, -0.15) is 0 Å². The third-order valence-corrected chi connectivity index (χ3v) is 6.68. The summed E-state index contributed by atoms with van der Waals surface area (Å²) in [5, 5.41) is 16.1. The van der Waals surface area contributed by atoms with Gasteiger partial charge in [0.15, 0.2) is 5.82 Å². The second-order valence-corrected chi connectivity index (χ2v) is 9.08. The van der Waals surface area contributed by atoms with E-state index in [0.717, 1.165) is 72.4 Å². The fourth-order valence-electron chi connectivity index (χ4n) is 4.76. The molecule has 0 radical (unpaired) electrons. The number of fused-ring (bicyclic) bond motifs is 1. The van der Waals surface area contributed by atoms with Crippen LogP contribution in [-0.4, -0.2) is 56.6 Å². The maximum absolute atomic E-state index is 13.3. The summed E-state index contributed by atoms with van der Waals surface area (Å²) in [4.78, 5) is 28.4. The summed E-state index contributed by atoms with van der Waals surface area (Å²) >= 11 is 0. The number of pyridine rings is 1. The fraction of sp³-hybridized carbons (Fsp3) is 0.333. The molecule has 0 unspecified atom stereocenters. The first-order valence-corrected chi connectivity index (χ1v) is 12.1. The van der Waals surface area contributed by atoms with Crippen molar-refractivity contribution in [3.63, 3.8) is 0 Å². The normalized spacial score (nSPS) is 16.5. The van der Waals surface area contributed by atoms with Crippen LogP contribution in [0.1, 0.15) is 37.3 Å². The molecule has 0 bridgehead atoms. The van der Waals surface area contributed by atoms with E-state index < -0.39 is 0 Å². The molecule has 2 aromatic heterocycles. The van der Waals surface area contributed by atoms with Gasteiger partial charge >= 0.3 is 0 Å². The second kappa shape index (κ2) is 10.3. The number of hydrogen-bond donors (Lipinski definition) is 3. The summed E-state index contributed by atoms with van der Waals surface area (Å²) in [6.45, 7) is 5.29. The van der Waals surface area contributed by atoms with Gasteiger partial charge in [-0.3, -0.25) is 19.7 Å². The average Bonchev–Trinajstić information content (AvgIpc) is 2.89. The molecule has 0 aliphatic carbocycles. The van der Waals surface area contributed by atoms with Crippen LogP contribution < -0.4 is 10.6 Å². The number of aliphatic hydroxyl groups is 1. The molecule has 0 saturated carbocycles. The molecule has 0 spiro atoms. The summed E-state index contributed by atoms with van der Waals surface area (Å²) in [6, 6.07) is 8.34. The highest BCUT2D eigenvalue weighted by Crippen LogP contribution is 2.36. The number of benzene rings is 1. The van der Waals surface area contributed by atoms with Crippen LogP contribution in [0.2, 0.25) is 0 Å². The van der Waals surface area contributed by atoms with Crippen molar-refractivity contribution in [2.75, 3.05) is 30.3 Å². The predicted octanol–water partition coefficient (Wildman–Crippen LogP) is 3.72. The lowest BCUT2D eigenvalue weighted by atomic mass is 9.90. The summed E-state index contributed by atoms with van der Waals surface area (Å²) in [5.41, 5.74) is 6.71. The summed E-state index contributed by atoms with van der Waals surface area (Å²) < 4.78 is 0. The number of rotatable bonds is 6. The minimum Gasteiger partial charge on any atom is -0.393 e. The van der Waals surface area contributed by atoms with Gasteiger partial charge in [-0.1, -0.05) is 13.0 Å². The SMILES string of the molecule is CCC1=C(C(=O)Nc2cnccn2)c2cc(-c3cncc(CN4CCC(O)CC4)c3)ccc2NC1. The van der Waals surface area contributed by atoms with Gasteiger partial charge in [-0.25, -0.2) is 4.98 Å². The summed E-state index contributed by atoms with van der Waals surface area (Å²) in [7, 11) is 0. The Morgan fingerprint density at radius 2 is 1.97 bits per heavy atom. The molecule has 180 valence electrons. The number of carbonyl (C=O) groups is 1. The highest BCUT2D eigenvalue weighted by molar-refractivity contribution is 6.27. The van der Waals surface area contributed by atoms with Gasteiger partial charge in [0.25, 0.3) is 5.91 Å². The van der Waals surface area contributed by atoms with E-state index in [1.54, 1.807) is 18.6 Å². The Kier molecular flexibility index (Phi) is 6.83. The molecule has 1 saturated heterocycles. The van der Waals surface area contributed by atoms with Gasteiger partial charge in [0.1, 0.15) is 0 Å². The highest BCUT2D eigenvalue weighted by Gasteiger charge is 2.25. The molecular formula is C27H30N6O2. The monoisotopic (exact) mass is 470 g/mol. The van der Waals surface area contributed by atoms with Crippen LogP contribution >= 0.6 is 0 Å². The standard InChI is InChI=1S/C27H30N6O2/c1-2-19-15-31-24-4-3-20(12-23(24)26(19)27(35)32-25-16-28-7-8-30-25)21-11-18(13-29-14-21)17-33-9-5-22(34)6-10-33/h3-4,7-8,11-14,16,22,31,34H,2,5-6,9-10,15,17H2,1H3,(H,30,32,35). The first-order valence-electron chi connectivity index (χ1n) is 12.1. The predicted molar refractivity (Wildman–Crippen MR) is 137 cm³/mol. The number of anilines is 2. The fourth-order valence-corrected chi connectivity index (χ4v) is 4.76. The number of nitrogens with zero attached hydrogens (tertiary/aromatic N) is 4. The molecule has 3 aromatic rings. The minimum atomic E-state index is -0.179. The van der Waals surface area contributed by atoms with Gasteiger partial charge < -0.3 is 15.7 Å². The lowest BCUT2D eigenvalue weighted by Crippen LogP contribution is -2.35. The molecule has 8 nitrogen and oxygen atoms in total. The highest BCUT2D eigenvalue weighted by atomic mass is 16.3. The van der Waals surface area contributed by atoms with Crippen LogP contribution in [0.4, 0.5) is 11.5 Å². The van der Waals surface area contributed by atoms with Crippen LogP contribution in [0.15, 0.2) is 60.8 Å². The van der Waals surface area contributed by atoms with E-state index in [1.807, 2.05) is 18.5 Å². The molecule has 2 aliphatic rings. The molecule has 35 heavy (non-hydrogen) atoms. The number of aliphatic hydroxyl groups excluding tert-OH is 1. The maximum Gasteiger partial charge on any atom is 0.257 e. The average molecular weight is 471 g/mol. The van der Waals surface area contributed by atoms with E-state index in [9.17, 15) is 9.90 Å². The maximum atomic E-state index is 13.3.